The van der Waals surface area contributed by atoms with Gasteiger partial charge < -0.3 is 20.1 Å². The maximum atomic E-state index is 13.3. The summed E-state index contributed by atoms with van der Waals surface area (Å²) in [7, 11) is -4.84. The third-order valence-corrected chi connectivity index (χ3v) is 4.99. The van der Waals surface area contributed by atoms with Crippen molar-refractivity contribution in [2.45, 2.75) is 32.2 Å². The summed E-state index contributed by atoms with van der Waals surface area (Å²) in [5.41, 5.74) is -4.55. The maximum absolute atomic E-state index is 13.3. The number of aromatic amines is 1. The van der Waals surface area contributed by atoms with Crippen molar-refractivity contribution >= 4 is 24.3 Å². The van der Waals surface area contributed by atoms with Crippen molar-refractivity contribution in [3.8, 4) is 0 Å². The maximum Gasteiger partial charge on any atom is 0.418 e. The fourth-order valence-electron chi connectivity index (χ4n) is 2.44. The highest BCUT2D eigenvalue weighted by molar-refractivity contribution is 7.51. The number of nitrogens with one attached hydrogen (secondary N) is 2. The lowest BCUT2D eigenvalue weighted by atomic mass is 10.1. The van der Waals surface area contributed by atoms with Crippen LogP contribution in [0.15, 0.2) is 21.7 Å². The third kappa shape index (κ3) is 3.84. The lowest BCUT2D eigenvalue weighted by molar-refractivity contribution is -0.136. The van der Waals surface area contributed by atoms with Gasteiger partial charge in [-0.05, 0) is 25.5 Å². The van der Waals surface area contributed by atoms with E-state index < -0.39 is 36.2 Å². The van der Waals surface area contributed by atoms with Gasteiger partial charge in [0.15, 0.2) is 0 Å². The molecule has 0 aliphatic heterocycles. The van der Waals surface area contributed by atoms with Gasteiger partial charge in [-0.3, -0.25) is 18.7 Å². The summed E-state index contributed by atoms with van der Waals surface area (Å²) >= 11 is 0. The van der Waals surface area contributed by atoms with Crippen molar-refractivity contribution in [1.29, 1.82) is 0 Å². The zero-order chi connectivity index (χ0) is 19.9. The normalized spacial score (nSPS) is 13.8. The van der Waals surface area contributed by atoms with Gasteiger partial charge >= 0.3 is 24.9 Å². The molecule has 4 N–H and O–H groups in total. The average molecular weight is 395 g/mol. The smallest absolute Gasteiger partial charge is 0.385 e. The predicted molar refractivity (Wildman–Crippen MR) is 89.4 cm³/mol. The number of benzene rings is 1. The van der Waals surface area contributed by atoms with Crippen LogP contribution in [0.25, 0.3) is 11.0 Å². The van der Waals surface area contributed by atoms with E-state index in [-0.39, 0.29) is 23.3 Å². The Kier molecular flexibility index (Phi) is 5.36. The van der Waals surface area contributed by atoms with Crippen LogP contribution in [0.2, 0.25) is 0 Å². The van der Waals surface area contributed by atoms with Crippen LogP contribution in [-0.2, 0) is 10.7 Å². The summed E-state index contributed by atoms with van der Waals surface area (Å²) in [6.07, 6.45) is -4.22. The van der Waals surface area contributed by atoms with Crippen LogP contribution in [0.3, 0.4) is 0 Å². The molecule has 0 amide bonds. The molecular formula is C14H17F3N3O5P. The quantitative estimate of drug-likeness (QED) is 0.455. The van der Waals surface area contributed by atoms with Crippen LogP contribution in [0.1, 0.15) is 31.6 Å². The van der Waals surface area contributed by atoms with E-state index >= 15 is 0 Å². The molecule has 0 aliphatic rings. The topological polar surface area (TPSA) is 124 Å². The summed E-state index contributed by atoms with van der Waals surface area (Å²) in [6.45, 7) is 2.96. The van der Waals surface area contributed by atoms with Crippen molar-refractivity contribution in [1.82, 2.24) is 9.55 Å². The van der Waals surface area contributed by atoms with Crippen LogP contribution < -0.4 is 16.4 Å². The Morgan fingerprint density at radius 1 is 1.31 bits per heavy atom. The van der Waals surface area contributed by atoms with Crippen molar-refractivity contribution in [2.75, 3.05) is 11.9 Å². The van der Waals surface area contributed by atoms with Crippen LogP contribution in [0.4, 0.5) is 18.9 Å². The highest BCUT2D eigenvalue weighted by Crippen LogP contribution is 2.48. The molecule has 1 heterocycles. The second-order valence-electron chi connectivity index (χ2n) is 5.69. The Labute approximate surface area is 144 Å². The number of aromatic nitrogens is 2. The van der Waals surface area contributed by atoms with Gasteiger partial charge in [-0.2, -0.15) is 13.2 Å². The molecule has 0 spiro atoms. The van der Waals surface area contributed by atoms with Crippen LogP contribution in [-0.4, -0.2) is 25.9 Å². The van der Waals surface area contributed by atoms with Crippen molar-refractivity contribution in [3.05, 3.63) is 38.4 Å². The monoisotopic (exact) mass is 395 g/mol. The molecule has 0 bridgehead atoms. The zero-order valence-electron chi connectivity index (χ0n) is 13.8. The lowest BCUT2D eigenvalue weighted by Crippen LogP contribution is -2.38. The second-order valence-corrected chi connectivity index (χ2v) is 7.62. The molecule has 26 heavy (non-hydrogen) atoms. The number of alkyl halides is 3. The average Bonchev–Trinajstić information content (AvgIpc) is 2.51. The summed E-state index contributed by atoms with van der Waals surface area (Å²) in [5.74, 6) is -1.73. The molecule has 0 saturated heterocycles. The first kappa shape index (κ1) is 20.2. The highest BCUT2D eigenvalue weighted by atomic mass is 31.2. The Morgan fingerprint density at radius 3 is 2.42 bits per heavy atom. The van der Waals surface area contributed by atoms with E-state index in [1.807, 2.05) is 4.98 Å². The summed E-state index contributed by atoms with van der Waals surface area (Å²) in [6, 6.07) is 1.59. The van der Waals surface area contributed by atoms with Gasteiger partial charge in [0.2, 0.25) is 0 Å². The first-order chi connectivity index (χ1) is 11.9. The molecule has 2 rings (SSSR count). The molecule has 1 aromatic carbocycles. The molecule has 2 aromatic rings. The minimum atomic E-state index is -4.84. The van der Waals surface area contributed by atoms with Crippen LogP contribution >= 0.6 is 7.60 Å². The predicted octanol–water partition coefficient (Wildman–Crippen LogP) is 2.23. The first-order valence-corrected chi connectivity index (χ1v) is 9.25. The van der Waals surface area contributed by atoms with E-state index in [0.29, 0.717) is 17.1 Å². The van der Waals surface area contributed by atoms with Crippen molar-refractivity contribution < 1.29 is 27.5 Å². The third-order valence-electron chi connectivity index (χ3n) is 3.79. The van der Waals surface area contributed by atoms with E-state index in [0.717, 1.165) is 13.0 Å². The van der Waals surface area contributed by atoms with Crippen LogP contribution in [0, 0.1) is 0 Å². The molecule has 1 atom stereocenters. The SMILES string of the molecule is CCCNc1cc2c(cc1C(F)(F)F)[nH]c(=O)c(=O)n2C(C)P(=O)(O)O. The zero-order valence-corrected chi connectivity index (χ0v) is 14.7. The Bertz CT molecular complexity index is 992. The first-order valence-electron chi connectivity index (χ1n) is 7.56. The van der Waals surface area contributed by atoms with E-state index in [2.05, 4.69) is 5.32 Å². The van der Waals surface area contributed by atoms with Gasteiger partial charge in [-0.1, -0.05) is 6.92 Å². The Balaban J connectivity index is 2.92. The molecule has 0 saturated carbocycles. The largest absolute Gasteiger partial charge is 0.418 e. The minimum Gasteiger partial charge on any atom is -0.385 e. The minimum absolute atomic E-state index is 0.205. The van der Waals surface area contributed by atoms with E-state index in [4.69, 9.17) is 0 Å². The fraction of sp³-hybridized carbons (Fsp3) is 0.429. The molecule has 144 valence electrons. The molecule has 0 fully saturated rings. The molecule has 0 aliphatic carbocycles. The number of H-pyrrole nitrogens is 1. The van der Waals surface area contributed by atoms with Crippen molar-refractivity contribution in [3.63, 3.8) is 0 Å². The molecule has 12 heteroatoms. The number of nitrogens with zero attached hydrogens (tertiary/aromatic N) is 1. The molecular weight excluding hydrogens is 378 g/mol. The fourth-order valence-corrected chi connectivity index (χ4v) is 2.97. The van der Waals surface area contributed by atoms with Crippen LogP contribution in [0.5, 0.6) is 0 Å². The number of rotatable bonds is 5. The highest BCUT2D eigenvalue weighted by Gasteiger charge is 2.35. The number of anilines is 1. The summed E-state index contributed by atoms with van der Waals surface area (Å²) < 4.78 is 52.0. The van der Waals surface area contributed by atoms with Gasteiger partial charge in [0.25, 0.3) is 0 Å². The van der Waals surface area contributed by atoms with Gasteiger partial charge in [0, 0.05) is 12.2 Å². The van der Waals surface area contributed by atoms with Gasteiger partial charge in [-0.25, -0.2) is 0 Å². The number of hydrogen-bond acceptors (Lipinski definition) is 4. The summed E-state index contributed by atoms with van der Waals surface area (Å²) in [5, 5.41) is 2.58. The number of halogens is 3. The second kappa shape index (κ2) is 6.90. The van der Waals surface area contributed by atoms with Gasteiger partial charge in [-0.15, -0.1) is 0 Å². The van der Waals surface area contributed by atoms with Gasteiger partial charge in [0.05, 0.1) is 16.6 Å². The number of hydrogen-bond donors (Lipinski definition) is 4. The summed E-state index contributed by atoms with van der Waals surface area (Å²) in [4.78, 5) is 44.6. The molecule has 1 unspecified atom stereocenters. The molecule has 0 radical (unpaired) electrons. The standard InChI is InChI=1S/C14H17F3N3O5P/c1-3-4-18-9-6-11-10(5-8(9)14(15,16)17)19-12(21)13(22)20(11)7(2)26(23,24)25/h5-7,18H,3-4H2,1-2H3,(H,19,21)(H2,23,24,25). The van der Waals surface area contributed by atoms with Crippen molar-refractivity contribution in [2.24, 2.45) is 0 Å². The number of fused-ring (bicyclic) bond motifs is 1. The van der Waals surface area contributed by atoms with E-state index in [9.17, 15) is 37.1 Å². The van der Waals surface area contributed by atoms with E-state index in [1.54, 1.807) is 6.92 Å². The Hall–Kier alpha value is -2.10. The lowest BCUT2D eigenvalue weighted by Gasteiger charge is -2.21. The molecule has 1 aromatic heterocycles. The Morgan fingerprint density at radius 2 is 1.92 bits per heavy atom. The van der Waals surface area contributed by atoms with E-state index in [1.165, 1.54) is 0 Å². The van der Waals surface area contributed by atoms with Gasteiger partial charge in [0.1, 0.15) is 5.78 Å². The molecule has 8 nitrogen and oxygen atoms in total.